The highest BCUT2D eigenvalue weighted by molar-refractivity contribution is 5.81. The topological polar surface area (TPSA) is 72.8 Å². The lowest BCUT2D eigenvalue weighted by atomic mass is 10.2. The van der Waals surface area contributed by atoms with E-state index in [0.717, 1.165) is 25.9 Å². The number of hydrogen-bond acceptors (Lipinski definition) is 4. The standard InChI is InChI=1S/C10H20N2O3/c1-8(11-9(6-13)7-14)10(15)12-4-2-3-5-12/h8-9,11,13-14H,2-7H2,1H3. The normalized spacial score (nSPS) is 18.5. The zero-order valence-corrected chi connectivity index (χ0v) is 9.15. The van der Waals surface area contributed by atoms with Crippen molar-refractivity contribution < 1.29 is 15.0 Å². The summed E-state index contributed by atoms with van der Waals surface area (Å²) in [7, 11) is 0. The molecule has 1 fully saturated rings. The Labute approximate surface area is 90.1 Å². The van der Waals surface area contributed by atoms with Gasteiger partial charge in [-0.1, -0.05) is 0 Å². The first kappa shape index (κ1) is 12.4. The number of aliphatic hydroxyl groups excluding tert-OH is 2. The fourth-order valence-electron chi connectivity index (χ4n) is 1.80. The van der Waals surface area contributed by atoms with Gasteiger partial charge in [0.1, 0.15) is 0 Å². The largest absolute Gasteiger partial charge is 0.395 e. The average molecular weight is 216 g/mol. The third-order valence-corrected chi connectivity index (χ3v) is 2.71. The van der Waals surface area contributed by atoms with Crippen LogP contribution in [0.15, 0.2) is 0 Å². The molecule has 1 aliphatic rings. The maximum atomic E-state index is 11.8. The predicted molar refractivity (Wildman–Crippen MR) is 56.4 cm³/mol. The molecule has 0 aliphatic carbocycles. The molecule has 3 N–H and O–H groups in total. The van der Waals surface area contributed by atoms with Crippen molar-refractivity contribution in [3.05, 3.63) is 0 Å². The number of amides is 1. The number of rotatable bonds is 5. The lowest BCUT2D eigenvalue weighted by Crippen LogP contribution is -2.49. The van der Waals surface area contributed by atoms with Gasteiger partial charge in [-0.2, -0.15) is 0 Å². The summed E-state index contributed by atoms with van der Waals surface area (Å²) < 4.78 is 0. The van der Waals surface area contributed by atoms with Crippen molar-refractivity contribution in [1.29, 1.82) is 0 Å². The molecule has 15 heavy (non-hydrogen) atoms. The minimum atomic E-state index is -0.411. The summed E-state index contributed by atoms with van der Waals surface area (Å²) in [5.74, 6) is 0.0550. The van der Waals surface area contributed by atoms with E-state index in [1.165, 1.54) is 0 Å². The minimum Gasteiger partial charge on any atom is -0.395 e. The fourth-order valence-corrected chi connectivity index (χ4v) is 1.80. The Morgan fingerprint density at radius 3 is 2.33 bits per heavy atom. The minimum absolute atomic E-state index is 0.0550. The van der Waals surface area contributed by atoms with Gasteiger partial charge in [-0.3, -0.25) is 10.1 Å². The lowest BCUT2D eigenvalue weighted by molar-refractivity contribution is -0.132. The van der Waals surface area contributed by atoms with Crippen LogP contribution < -0.4 is 5.32 Å². The SMILES string of the molecule is CC(NC(CO)CO)C(=O)N1CCCC1. The number of hydrogen-bond donors (Lipinski definition) is 3. The van der Waals surface area contributed by atoms with Crippen LogP contribution in [-0.4, -0.2) is 59.4 Å². The molecular formula is C10H20N2O3. The molecule has 1 unspecified atom stereocenters. The summed E-state index contributed by atoms with van der Waals surface area (Å²) in [5, 5.41) is 20.7. The Hall–Kier alpha value is -0.650. The zero-order chi connectivity index (χ0) is 11.3. The third kappa shape index (κ3) is 3.44. The molecule has 0 saturated carbocycles. The van der Waals surface area contributed by atoms with E-state index in [0.29, 0.717) is 0 Å². The van der Waals surface area contributed by atoms with Crippen LogP contribution in [0, 0.1) is 0 Å². The van der Waals surface area contributed by atoms with Gasteiger partial charge in [-0.25, -0.2) is 0 Å². The van der Waals surface area contributed by atoms with Gasteiger partial charge in [0, 0.05) is 13.1 Å². The van der Waals surface area contributed by atoms with Crippen LogP contribution >= 0.6 is 0 Å². The van der Waals surface area contributed by atoms with E-state index in [9.17, 15) is 4.79 Å². The zero-order valence-electron chi connectivity index (χ0n) is 9.15. The van der Waals surface area contributed by atoms with Crippen molar-refractivity contribution in [2.45, 2.75) is 31.8 Å². The van der Waals surface area contributed by atoms with Crippen LogP contribution in [0.2, 0.25) is 0 Å². The van der Waals surface area contributed by atoms with Gasteiger partial charge < -0.3 is 15.1 Å². The maximum Gasteiger partial charge on any atom is 0.239 e. The van der Waals surface area contributed by atoms with Crippen LogP contribution in [0.3, 0.4) is 0 Å². The van der Waals surface area contributed by atoms with E-state index in [1.807, 2.05) is 4.90 Å². The first-order chi connectivity index (χ1) is 7.19. The molecule has 88 valence electrons. The second kappa shape index (κ2) is 6.05. The first-order valence-electron chi connectivity index (χ1n) is 5.45. The maximum absolute atomic E-state index is 11.8. The molecule has 0 aromatic rings. The highest BCUT2D eigenvalue weighted by atomic mass is 16.3. The van der Waals surface area contributed by atoms with Gasteiger partial charge in [0.15, 0.2) is 0 Å². The van der Waals surface area contributed by atoms with E-state index in [4.69, 9.17) is 10.2 Å². The second-order valence-electron chi connectivity index (χ2n) is 3.98. The summed E-state index contributed by atoms with van der Waals surface area (Å²) in [6.45, 7) is 3.10. The summed E-state index contributed by atoms with van der Waals surface area (Å²) >= 11 is 0. The number of nitrogens with one attached hydrogen (secondary N) is 1. The number of aliphatic hydroxyl groups is 2. The van der Waals surface area contributed by atoms with Crippen molar-refractivity contribution >= 4 is 5.91 Å². The Bertz CT molecular complexity index is 201. The molecule has 1 amide bonds. The number of carbonyl (C=O) groups excluding carboxylic acids is 1. The molecule has 0 aromatic heterocycles. The van der Waals surface area contributed by atoms with E-state index >= 15 is 0 Å². The average Bonchev–Trinajstić information content (AvgIpc) is 2.77. The summed E-state index contributed by atoms with van der Waals surface area (Å²) in [6, 6.07) is -0.751. The Balaban J connectivity index is 2.37. The van der Waals surface area contributed by atoms with Gasteiger partial charge in [-0.05, 0) is 19.8 Å². The molecular weight excluding hydrogens is 196 g/mol. The second-order valence-corrected chi connectivity index (χ2v) is 3.98. The monoisotopic (exact) mass is 216 g/mol. The molecule has 5 heteroatoms. The molecule has 0 aromatic carbocycles. The molecule has 5 nitrogen and oxygen atoms in total. The van der Waals surface area contributed by atoms with Crippen molar-refractivity contribution in [3.8, 4) is 0 Å². The smallest absolute Gasteiger partial charge is 0.239 e. The van der Waals surface area contributed by atoms with Crippen LogP contribution in [0.25, 0.3) is 0 Å². The number of carbonyl (C=O) groups is 1. The van der Waals surface area contributed by atoms with Crippen LogP contribution in [0.4, 0.5) is 0 Å². The fraction of sp³-hybridized carbons (Fsp3) is 0.900. The van der Waals surface area contributed by atoms with Crippen molar-refractivity contribution in [2.24, 2.45) is 0 Å². The van der Waals surface area contributed by atoms with Crippen molar-refractivity contribution in [2.75, 3.05) is 26.3 Å². The Kier molecular flexibility index (Phi) is 5.01. The molecule has 1 saturated heterocycles. The summed E-state index contributed by atoms with van der Waals surface area (Å²) in [4.78, 5) is 13.6. The highest BCUT2D eigenvalue weighted by Crippen LogP contribution is 2.09. The van der Waals surface area contributed by atoms with Gasteiger partial charge in [0.05, 0.1) is 25.3 Å². The molecule has 0 bridgehead atoms. The van der Waals surface area contributed by atoms with Crippen LogP contribution in [0.5, 0.6) is 0 Å². The van der Waals surface area contributed by atoms with E-state index in [-0.39, 0.29) is 25.2 Å². The molecule has 0 radical (unpaired) electrons. The van der Waals surface area contributed by atoms with E-state index in [1.54, 1.807) is 6.92 Å². The quantitative estimate of drug-likeness (QED) is 0.548. The molecule has 0 spiro atoms. The Morgan fingerprint density at radius 1 is 1.33 bits per heavy atom. The third-order valence-electron chi connectivity index (χ3n) is 2.71. The molecule has 1 atom stereocenters. The van der Waals surface area contributed by atoms with E-state index in [2.05, 4.69) is 5.32 Å². The van der Waals surface area contributed by atoms with Gasteiger partial charge in [0.2, 0.25) is 5.91 Å². The van der Waals surface area contributed by atoms with Gasteiger partial charge in [-0.15, -0.1) is 0 Å². The van der Waals surface area contributed by atoms with Crippen LogP contribution in [0.1, 0.15) is 19.8 Å². The highest BCUT2D eigenvalue weighted by Gasteiger charge is 2.24. The summed E-state index contributed by atoms with van der Waals surface area (Å²) in [6.07, 6.45) is 2.14. The van der Waals surface area contributed by atoms with Gasteiger partial charge in [0.25, 0.3) is 0 Å². The summed E-state index contributed by atoms with van der Waals surface area (Å²) in [5.41, 5.74) is 0. The molecule has 1 rings (SSSR count). The number of nitrogens with zero attached hydrogens (tertiary/aromatic N) is 1. The van der Waals surface area contributed by atoms with Crippen molar-refractivity contribution in [3.63, 3.8) is 0 Å². The van der Waals surface area contributed by atoms with Gasteiger partial charge >= 0.3 is 0 Å². The van der Waals surface area contributed by atoms with E-state index < -0.39 is 6.04 Å². The predicted octanol–water partition coefficient (Wildman–Crippen LogP) is -1.06. The van der Waals surface area contributed by atoms with Crippen molar-refractivity contribution in [1.82, 2.24) is 10.2 Å². The lowest BCUT2D eigenvalue weighted by Gasteiger charge is -2.24. The first-order valence-corrected chi connectivity index (χ1v) is 5.45. The number of likely N-dealkylation sites (tertiary alicyclic amines) is 1. The molecule has 1 heterocycles. The Morgan fingerprint density at radius 2 is 1.87 bits per heavy atom. The van der Waals surface area contributed by atoms with Crippen LogP contribution in [-0.2, 0) is 4.79 Å². The molecule has 1 aliphatic heterocycles.